The first-order chi connectivity index (χ1) is 11.9. The van der Waals surface area contributed by atoms with Crippen molar-refractivity contribution in [3.63, 3.8) is 0 Å². The molecule has 0 aliphatic carbocycles. The lowest BCUT2D eigenvalue weighted by atomic mass is 10.1. The molecular formula is C19H19N5. The van der Waals surface area contributed by atoms with E-state index in [4.69, 9.17) is 9.97 Å². The molecule has 3 aromatic rings. The average molecular weight is 317 g/mol. The van der Waals surface area contributed by atoms with Crippen molar-refractivity contribution in [2.24, 2.45) is 0 Å². The third-order valence-electron chi connectivity index (χ3n) is 4.14. The Labute approximate surface area is 141 Å². The Morgan fingerprint density at radius 1 is 0.875 bits per heavy atom. The molecule has 2 aromatic heterocycles. The highest BCUT2D eigenvalue weighted by molar-refractivity contribution is 5.67. The lowest BCUT2D eigenvalue weighted by Gasteiger charge is -2.28. The van der Waals surface area contributed by atoms with Crippen LogP contribution in [0.3, 0.4) is 0 Å². The molecular weight excluding hydrogens is 298 g/mol. The Morgan fingerprint density at radius 3 is 2.42 bits per heavy atom. The first-order valence-corrected chi connectivity index (χ1v) is 8.21. The van der Waals surface area contributed by atoms with E-state index in [1.165, 1.54) is 0 Å². The van der Waals surface area contributed by atoms with Gasteiger partial charge in [0.25, 0.3) is 0 Å². The molecule has 4 rings (SSSR count). The molecule has 24 heavy (non-hydrogen) atoms. The lowest BCUT2D eigenvalue weighted by Crippen LogP contribution is -2.44. The molecule has 0 amide bonds. The quantitative estimate of drug-likeness (QED) is 0.805. The van der Waals surface area contributed by atoms with Gasteiger partial charge in [-0.25, -0.2) is 9.97 Å². The van der Waals surface area contributed by atoms with Crippen LogP contribution in [0.4, 0.5) is 5.82 Å². The van der Waals surface area contributed by atoms with Gasteiger partial charge in [0.2, 0.25) is 0 Å². The summed E-state index contributed by atoms with van der Waals surface area (Å²) >= 11 is 0. The SMILES string of the molecule is c1ccc(-c2nc(-c3cccnc3)cc(N3CCNCC3)n2)cc1. The highest BCUT2D eigenvalue weighted by Gasteiger charge is 2.15. The van der Waals surface area contributed by atoms with Gasteiger partial charge in [0, 0.05) is 55.8 Å². The highest BCUT2D eigenvalue weighted by Crippen LogP contribution is 2.25. The largest absolute Gasteiger partial charge is 0.354 e. The van der Waals surface area contributed by atoms with Crippen LogP contribution in [-0.2, 0) is 0 Å². The zero-order valence-corrected chi connectivity index (χ0v) is 13.4. The summed E-state index contributed by atoms with van der Waals surface area (Å²) in [6, 6.07) is 16.2. The van der Waals surface area contributed by atoms with E-state index in [-0.39, 0.29) is 0 Å². The van der Waals surface area contributed by atoms with E-state index in [1.54, 1.807) is 6.20 Å². The van der Waals surface area contributed by atoms with Crippen LogP contribution in [0, 0.1) is 0 Å². The molecule has 0 atom stereocenters. The van der Waals surface area contributed by atoms with Gasteiger partial charge in [-0.1, -0.05) is 30.3 Å². The molecule has 0 bridgehead atoms. The van der Waals surface area contributed by atoms with Gasteiger partial charge in [-0.05, 0) is 12.1 Å². The summed E-state index contributed by atoms with van der Waals surface area (Å²) < 4.78 is 0. The summed E-state index contributed by atoms with van der Waals surface area (Å²) in [6.45, 7) is 3.87. The molecule has 0 unspecified atom stereocenters. The third kappa shape index (κ3) is 3.12. The van der Waals surface area contributed by atoms with Gasteiger partial charge in [0.1, 0.15) is 5.82 Å². The maximum atomic E-state index is 4.82. The third-order valence-corrected chi connectivity index (χ3v) is 4.14. The first kappa shape index (κ1) is 14.8. The summed E-state index contributed by atoms with van der Waals surface area (Å²) in [5.74, 6) is 1.73. The number of benzene rings is 1. The van der Waals surface area contributed by atoms with Gasteiger partial charge in [0.05, 0.1) is 5.69 Å². The number of nitrogens with zero attached hydrogens (tertiary/aromatic N) is 4. The number of anilines is 1. The Bertz CT molecular complexity index is 741. The van der Waals surface area contributed by atoms with E-state index in [1.807, 2.05) is 48.7 Å². The van der Waals surface area contributed by atoms with Gasteiger partial charge in [-0.2, -0.15) is 0 Å². The summed E-state index contributed by atoms with van der Waals surface area (Å²) in [5.41, 5.74) is 2.94. The molecule has 1 aliphatic rings. The normalized spacial score (nSPS) is 14.6. The Balaban J connectivity index is 1.81. The summed E-state index contributed by atoms with van der Waals surface area (Å²) in [6.07, 6.45) is 3.62. The van der Waals surface area contributed by atoms with Crippen molar-refractivity contribution in [1.82, 2.24) is 20.3 Å². The predicted octanol–water partition coefficient (Wildman–Crippen LogP) is 2.62. The number of rotatable bonds is 3. The van der Waals surface area contributed by atoms with Crippen LogP contribution in [0.25, 0.3) is 22.6 Å². The molecule has 1 saturated heterocycles. The second-order valence-electron chi connectivity index (χ2n) is 5.78. The van der Waals surface area contributed by atoms with E-state index in [0.717, 1.165) is 54.6 Å². The topological polar surface area (TPSA) is 53.9 Å². The van der Waals surface area contributed by atoms with E-state index in [0.29, 0.717) is 0 Å². The van der Waals surface area contributed by atoms with Crippen LogP contribution >= 0.6 is 0 Å². The zero-order chi connectivity index (χ0) is 16.2. The zero-order valence-electron chi connectivity index (χ0n) is 13.4. The van der Waals surface area contributed by atoms with Gasteiger partial charge < -0.3 is 10.2 Å². The number of hydrogen-bond acceptors (Lipinski definition) is 5. The minimum Gasteiger partial charge on any atom is -0.354 e. The molecule has 5 nitrogen and oxygen atoms in total. The standard InChI is InChI=1S/C19H19N5/c1-2-5-15(6-3-1)19-22-17(16-7-4-8-21-14-16)13-18(23-19)24-11-9-20-10-12-24/h1-8,13-14,20H,9-12H2. The van der Waals surface area contributed by atoms with E-state index >= 15 is 0 Å². The van der Waals surface area contributed by atoms with Crippen LogP contribution in [0.5, 0.6) is 0 Å². The maximum Gasteiger partial charge on any atom is 0.162 e. The first-order valence-electron chi connectivity index (χ1n) is 8.21. The number of pyridine rings is 1. The number of aromatic nitrogens is 3. The summed E-state index contributed by atoms with van der Waals surface area (Å²) in [4.78, 5) is 16.1. The van der Waals surface area contributed by atoms with Crippen molar-refractivity contribution in [3.8, 4) is 22.6 Å². The molecule has 120 valence electrons. The van der Waals surface area contributed by atoms with Crippen LogP contribution in [0.1, 0.15) is 0 Å². The Hall–Kier alpha value is -2.79. The smallest absolute Gasteiger partial charge is 0.162 e. The van der Waals surface area contributed by atoms with Crippen molar-refractivity contribution in [2.75, 3.05) is 31.1 Å². The number of nitrogens with one attached hydrogen (secondary N) is 1. The van der Waals surface area contributed by atoms with Crippen molar-refractivity contribution in [2.45, 2.75) is 0 Å². The van der Waals surface area contributed by atoms with Crippen molar-refractivity contribution >= 4 is 5.82 Å². The van der Waals surface area contributed by atoms with E-state index in [2.05, 4.69) is 21.3 Å². The molecule has 1 aliphatic heterocycles. The molecule has 1 fully saturated rings. The van der Waals surface area contributed by atoms with Crippen molar-refractivity contribution in [3.05, 3.63) is 60.9 Å². The lowest BCUT2D eigenvalue weighted by molar-refractivity contribution is 0.585. The summed E-state index contributed by atoms with van der Waals surface area (Å²) in [5, 5.41) is 3.38. The van der Waals surface area contributed by atoms with Gasteiger partial charge in [0.15, 0.2) is 5.82 Å². The van der Waals surface area contributed by atoms with E-state index < -0.39 is 0 Å². The van der Waals surface area contributed by atoms with Gasteiger partial charge in [-0.3, -0.25) is 4.98 Å². The average Bonchev–Trinajstić information content (AvgIpc) is 2.70. The van der Waals surface area contributed by atoms with E-state index in [9.17, 15) is 0 Å². The maximum absolute atomic E-state index is 4.82. The summed E-state index contributed by atoms with van der Waals surface area (Å²) in [7, 11) is 0. The van der Waals surface area contributed by atoms with Gasteiger partial charge in [-0.15, -0.1) is 0 Å². The van der Waals surface area contributed by atoms with Crippen molar-refractivity contribution in [1.29, 1.82) is 0 Å². The molecule has 1 aromatic carbocycles. The second-order valence-corrected chi connectivity index (χ2v) is 5.78. The van der Waals surface area contributed by atoms with Crippen LogP contribution in [0.15, 0.2) is 60.9 Å². The molecule has 5 heteroatoms. The molecule has 0 saturated carbocycles. The fourth-order valence-corrected chi connectivity index (χ4v) is 2.87. The minimum atomic E-state index is 0.755. The molecule has 1 N–H and O–H groups in total. The number of piperazine rings is 1. The fourth-order valence-electron chi connectivity index (χ4n) is 2.87. The number of hydrogen-bond donors (Lipinski definition) is 1. The van der Waals surface area contributed by atoms with Crippen LogP contribution < -0.4 is 10.2 Å². The highest BCUT2D eigenvalue weighted by atomic mass is 15.2. The fraction of sp³-hybridized carbons (Fsp3) is 0.211. The predicted molar refractivity (Wildman–Crippen MR) is 95.8 cm³/mol. The molecule has 0 radical (unpaired) electrons. The molecule has 3 heterocycles. The van der Waals surface area contributed by atoms with Crippen LogP contribution in [0.2, 0.25) is 0 Å². The minimum absolute atomic E-state index is 0.755. The van der Waals surface area contributed by atoms with Gasteiger partial charge >= 0.3 is 0 Å². The molecule has 0 spiro atoms. The second kappa shape index (κ2) is 6.76. The Kier molecular flexibility index (Phi) is 4.16. The van der Waals surface area contributed by atoms with Crippen molar-refractivity contribution < 1.29 is 0 Å². The Morgan fingerprint density at radius 2 is 1.67 bits per heavy atom. The van der Waals surface area contributed by atoms with Crippen LogP contribution in [-0.4, -0.2) is 41.1 Å². The monoisotopic (exact) mass is 317 g/mol.